The molecule has 0 aliphatic carbocycles. The van der Waals surface area contributed by atoms with Crippen LogP contribution in [0.25, 0.3) is 0 Å². The van der Waals surface area contributed by atoms with Crippen molar-refractivity contribution in [2.75, 3.05) is 0 Å². The van der Waals surface area contributed by atoms with Gasteiger partial charge in [-0.15, -0.1) is 0 Å². The lowest BCUT2D eigenvalue weighted by Gasteiger charge is -2.13. The molecule has 0 radical (unpaired) electrons. The molecule has 2 aromatic rings. The minimum absolute atomic E-state index is 0.0721. The summed E-state index contributed by atoms with van der Waals surface area (Å²) in [7, 11) is 0. The molecule has 19 heavy (non-hydrogen) atoms. The summed E-state index contributed by atoms with van der Waals surface area (Å²) in [5.41, 5.74) is 1.05. The predicted octanol–water partition coefficient (Wildman–Crippen LogP) is 3.69. The van der Waals surface area contributed by atoms with Gasteiger partial charge in [0.15, 0.2) is 0 Å². The van der Waals surface area contributed by atoms with Gasteiger partial charge in [0.25, 0.3) is 0 Å². The minimum atomic E-state index is -0.552. The standard InChI is InChI=1S/C13H13ClN2O3/c1-9(10-3-2-4-11(14)7-10)15-8-12-5-6-13(19-12)16(17)18/h2-7,9,15H,8H2,1H3/t9-/m1/s1. The smallest absolute Gasteiger partial charge is 0.404 e. The van der Waals surface area contributed by atoms with Gasteiger partial charge in [-0.25, -0.2) is 0 Å². The fraction of sp³-hybridized carbons (Fsp3) is 0.231. The van der Waals surface area contributed by atoms with Crippen molar-refractivity contribution in [3.63, 3.8) is 0 Å². The largest absolute Gasteiger partial charge is 0.433 e. The molecule has 1 aromatic heterocycles. The van der Waals surface area contributed by atoms with Gasteiger partial charge in [0.1, 0.15) is 10.7 Å². The molecule has 0 amide bonds. The minimum Gasteiger partial charge on any atom is -0.404 e. The van der Waals surface area contributed by atoms with Crippen LogP contribution in [0, 0.1) is 10.1 Å². The van der Waals surface area contributed by atoms with Gasteiger partial charge in [-0.3, -0.25) is 10.1 Å². The number of furan rings is 1. The van der Waals surface area contributed by atoms with E-state index in [2.05, 4.69) is 5.32 Å². The third-order valence-electron chi connectivity index (χ3n) is 2.76. The second-order valence-corrected chi connectivity index (χ2v) is 4.59. The Kier molecular flexibility index (Phi) is 4.19. The van der Waals surface area contributed by atoms with Gasteiger partial charge in [-0.2, -0.15) is 0 Å². The Balaban J connectivity index is 1.96. The second kappa shape index (κ2) is 5.86. The number of nitro groups is 1. The molecule has 0 saturated heterocycles. The SMILES string of the molecule is C[C@@H](NCc1ccc([N+](=O)[O-])o1)c1cccc(Cl)c1. The Morgan fingerprint density at radius 3 is 2.84 bits per heavy atom. The van der Waals surface area contributed by atoms with E-state index in [9.17, 15) is 10.1 Å². The third kappa shape index (κ3) is 3.56. The second-order valence-electron chi connectivity index (χ2n) is 4.15. The lowest BCUT2D eigenvalue weighted by Crippen LogP contribution is -2.17. The Bertz CT molecular complexity index is 583. The zero-order valence-corrected chi connectivity index (χ0v) is 11.1. The molecule has 1 aromatic carbocycles. The zero-order chi connectivity index (χ0) is 13.8. The lowest BCUT2D eigenvalue weighted by atomic mass is 10.1. The number of rotatable bonds is 5. The van der Waals surface area contributed by atoms with E-state index >= 15 is 0 Å². The summed E-state index contributed by atoms with van der Waals surface area (Å²) in [6.07, 6.45) is 0. The Morgan fingerprint density at radius 2 is 2.21 bits per heavy atom. The highest BCUT2D eigenvalue weighted by Crippen LogP contribution is 2.19. The van der Waals surface area contributed by atoms with E-state index < -0.39 is 4.92 Å². The molecular weight excluding hydrogens is 268 g/mol. The molecule has 0 fully saturated rings. The number of nitrogens with one attached hydrogen (secondary N) is 1. The molecule has 100 valence electrons. The van der Waals surface area contributed by atoms with Crippen molar-refractivity contribution in [2.24, 2.45) is 0 Å². The highest BCUT2D eigenvalue weighted by atomic mass is 35.5. The summed E-state index contributed by atoms with van der Waals surface area (Å²) in [4.78, 5) is 9.94. The Hall–Kier alpha value is -1.85. The summed E-state index contributed by atoms with van der Waals surface area (Å²) in [5.74, 6) is 0.285. The summed E-state index contributed by atoms with van der Waals surface area (Å²) in [5, 5.41) is 14.4. The van der Waals surface area contributed by atoms with Gasteiger partial charge < -0.3 is 9.73 Å². The maximum absolute atomic E-state index is 10.5. The van der Waals surface area contributed by atoms with E-state index in [0.717, 1.165) is 5.56 Å². The first-order valence-electron chi connectivity index (χ1n) is 5.78. The van der Waals surface area contributed by atoms with E-state index in [0.29, 0.717) is 17.3 Å². The van der Waals surface area contributed by atoms with Crippen LogP contribution in [-0.2, 0) is 6.54 Å². The fourth-order valence-corrected chi connectivity index (χ4v) is 1.91. The Morgan fingerprint density at radius 1 is 1.42 bits per heavy atom. The molecule has 0 unspecified atom stereocenters. The van der Waals surface area contributed by atoms with Crippen LogP contribution in [-0.4, -0.2) is 4.92 Å². The van der Waals surface area contributed by atoms with Gasteiger partial charge in [-0.1, -0.05) is 23.7 Å². The van der Waals surface area contributed by atoms with Crippen molar-refractivity contribution < 1.29 is 9.34 Å². The predicted molar refractivity (Wildman–Crippen MR) is 72.1 cm³/mol. The molecule has 6 heteroatoms. The molecule has 1 N–H and O–H groups in total. The lowest BCUT2D eigenvalue weighted by molar-refractivity contribution is -0.402. The number of benzene rings is 1. The van der Waals surface area contributed by atoms with Crippen LogP contribution in [0.15, 0.2) is 40.8 Å². The maximum atomic E-state index is 10.5. The number of hydrogen-bond acceptors (Lipinski definition) is 4. The zero-order valence-electron chi connectivity index (χ0n) is 10.3. The molecule has 0 saturated carbocycles. The van der Waals surface area contributed by atoms with Gasteiger partial charge >= 0.3 is 5.88 Å². The van der Waals surface area contributed by atoms with Gasteiger partial charge in [0.2, 0.25) is 0 Å². The van der Waals surface area contributed by atoms with Crippen molar-refractivity contribution in [1.29, 1.82) is 0 Å². The summed E-state index contributed by atoms with van der Waals surface area (Å²) in [6, 6.07) is 10.6. The molecule has 0 aliphatic heterocycles. The van der Waals surface area contributed by atoms with Crippen molar-refractivity contribution in [1.82, 2.24) is 5.32 Å². The van der Waals surface area contributed by atoms with Crippen LogP contribution in [0.1, 0.15) is 24.3 Å². The quantitative estimate of drug-likeness (QED) is 0.670. The fourth-order valence-electron chi connectivity index (χ4n) is 1.71. The van der Waals surface area contributed by atoms with Crippen LogP contribution in [0.4, 0.5) is 5.88 Å². The average molecular weight is 281 g/mol. The maximum Gasteiger partial charge on any atom is 0.433 e. The topological polar surface area (TPSA) is 68.3 Å². The first kappa shape index (κ1) is 13.6. The normalized spacial score (nSPS) is 12.3. The van der Waals surface area contributed by atoms with Crippen molar-refractivity contribution in [3.05, 3.63) is 62.9 Å². The van der Waals surface area contributed by atoms with Crippen molar-refractivity contribution in [3.8, 4) is 0 Å². The highest BCUT2D eigenvalue weighted by Gasteiger charge is 2.12. The van der Waals surface area contributed by atoms with E-state index in [-0.39, 0.29) is 11.9 Å². The van der Waals surface area contributed by atoms with Gasteiger partial charge in [-0.05, 0) is 30.7 Å². The molecule has 0 aliphatic rings. The molecule has 1 heterocycles. The third-order valence-corrected chi connectivity index (χ3v) is 2.99. The molecule has 0 bridgehead atoms. The highest BCUT2D eigenvalue weighted by molar-refractivity contribution is 6.30. The average Bonchev–Trinajstić information content (AvgIpc) is 2.85. The van der Waals surface area contributed by atoms with Crippen molar-refractivity contribution in [2.45, 2.75) is 19.5 Å². The van der Waals surface area contributed by atoms with E-state index in [1.165, 1.54) is 6.07 Å². The first-order valence-corrected chi connectivity index (χ1v) is 6.16. The molecule has 0 spiro atoms. The van der Waals surface area contributed by atoms with Gasteiger partial charge in [0.05, 0.1) is 12.6 Å². The van der Waals surface area contributed by atoms with E-state index in [4.69, 9.17) is 16.0 Å². The molecule has 2 rings (SSSR count). The summed E-state index contributed by atoms with van der Waals surface area (Å²) >= 11 is 5.92. The monoisotopic (exact) mass is 280 g/mol. The van der Waals surface area contributed by atoms with Crippen LogP contribution >= 0.6 is 11.6 Å². The van der Waals surface area contributed by atoms with Crippen molar-refractivity contribution >= 4 is 17.5 Å². The van der Waals surface area contributed by atoms with Crippen LogP contribution in [0.2, 0.25) is 5.02 Å². The van der Waals surface area contributed by atoms with Crippen LogP contribution < -0.4 is 5.32 Å². The number of halogens is 1. The van der Waals surface area contributed by atoms with E-state index in [1.54, 1.807) is 6.07 Å². The van der Waals surface area contributed by atoms with Crippen LogP contribution in [0.3, 0.4) is 0 Å². The van der Waals surface area contributed by atoms with E-state index in [1.807, 2.05) is 31.2 Å². The molecule has 1 atom stereocenters. The molecular formula is C13H13ClN2O3. The van der Waals surface area contributed by atoms with Gasteiger partial charge in [0, 0.05) is 11.1 Å². The summed E-state index contributed by atoms with van der Waals surface area (Å²) < 4.78 is 5.07. The van der Waals surface area contributed by atoms with Crippen LogP contribution in [0.5, 0.6) is 0 Å². The Labute approximate surface area is 115 Å². The number of nitrogens with zero attached hydrogens (tertiary/aromatic N) is 1. The first-order chi connectivity index (χ1) is 9.06. The number of hydrogen-bond donors (Lipinski definition) is 1. The molecule has 5 nitrogen and oxygen atoms in total. The summed E-state index contributed by atoms with van der Waals surface area (Å²) in [6.45, 7) is 2.41.